The molecule has 0 radical (unpaired) electrons. The van der Waals surface area contributed by atoms with Gasteiger partial charge in [0.25, 0.3) is 5.91 Å². The predicted molar refractivity (Wildman–Crippen MR) is 113 cm³/mol. The summed E-state index contributed by atoms with van der Waals surface area (Å²) in [4.78, 5) is 14.1. The smallest absolute Gasteiger partial charge is 0.260 e. The minimum absolute atomic E-state index is 0.238. The summed E-state index contributed by atoms with van der Waals surface area (Å²) >= 11 is 4.93. The molecule has 1 amide bonds. The molecule has 1 heterocycles. The first-order chi connectivity index (χ1) is 12.7. The topological polar surface area (TPSA) is 62.1 Å². The maximum Gasteiger partial charge on any atom is 0.260 e. The molecule has 0 bridgehead atoms. The molecule has 1 aromatic carbocycles. The van der Waals surface area contributed by atoms with Gasteiger partial charge in [-0.2, -0.15) is 5.26 Å². The minimum Gasteiger partial charge on any atom is -0.496 e. The lowest BCUT2D eigenvalue weighted by Crippen LogP contribution is -2.26. The first kappa shape index (κ1) is 19.9. The monoisotopic (exact) mass is 446 g/mol. The van der Waals surface area contributed by atoms with E-state index in [0.29, 0.717) is 27.8 Å². The summed E-state index contributed by atoms with van der Waals surface area (Å²) in [5.74, 6) is 0.822. The van der Waals surface area contributed by atoms with Crippen LogP contribution in [0.3, 0.4) is 0 Å². The van der Waals surface area contributed by atoms with Crippen molar-refractivity contribution in [1.29, 1.82) is 5.26 Å². The number of carbonyl (C=O) groups excluding carboxylic acids is 1. The molecule has 6 heteroatoms. The van der Waals surface area contributed by atoms with Crippen molar-refractivity contribution in [2.24, 2.45) is 11.3 Å². The number of halogens is 1. The van der Waals surface area contributed by atoms with E-state index in [-0.39, 0.29) is 11.3 Å². The highest BCUT2D eigenvalue weighted by atomic mass is 79.9. The highest BCUT2D eigenvalue weighted by Gasteiger charge is 2.32. The number of thiophene rings is 1. The summed E-state index contributed by atoms with van der Waals surface area (Å²) in [6.07, 6.45) is 2.94. The number of amides is 1. The van der Waals surface area contributed by atoms with Crippen molar-refractivity contribution < 1.29 is 9.53 Å². The van der Waals surface area contributed by atoms with Gasteiger partial charge in [0, 0.05) is 9.35 Å². The lowest BCUT2D eigenvalue weighted by Gasteiger charge is -2.33. The Morgan fingerprint density at radius 1 is 1.41 bits per heavy atom. The van der Waals surface area contributed by atoms with Crippen LogP contribution >= 0.6 is 27.3 Å². The largest absolute Gasteiger partial charge is 0.496 e. The molecule has 0 saturated heterocycles. The normalized spacial score (nSPS) is 16.4. The van der Waals surface area contributed by atoms with E-state index in [1.165, 1.54) is 12.0 Å². The maximum atomic E-state index is 12.8. The second kappa shape index (κ2) is 7.65. The minimum atomic E-state index is -0.268. The highest BCUT2D eigenvalue weighted by Crippen LogP contribution is 2.44. The molecule has 0 fully saturated rings. The fourth-order valence-electron chi connectivity index (χ4n) is 3.56. The van der Waals surface area contributed by atoms with E-state index in [9.17, 15) is 10.1 Å². The Balaban J connectivity index is 1.91. The molecule has 0 aliphatic heterocycles. The van der Waals surface area contributed by atoms with Gasteiger partial charge in [-0.3, -0.25) is 4.79 Å². The average Bonchev–Trinajstić information content (AvgIpc) is 2.96. The molecule has 3 rings (SSSR count). The molecule has 0 unspecified atom stereocenters. The van der Waals surface area contributed by atoms with Gasteiger partial charge in [0.05, 0.1) is 18.2 Å². The van der Waals surface area contributed by atoms with Crippen LogP contribution in [0.25, 0.3) is 0 Å². The molecule has 1 aliphatic rings. The molecule has 0 saturated carbocycles. The van der Waals surface area contributed by atoms with Crippen LogP contribution in [0.4, 0.5) is 5.00 Å². The van der Waals surface area contributed by atoms with Crippen molar-refractivity contribution in [3.63, 3.8) is 0 Å². The quantitative estimate of drug-likeness (QED) is 0.648. The van der Waals surface area contributed by atoms with Crippen molar-refractivity contribution in [3.8, 4) is 11.8 Å². The van der Waals surface area contributed by atoms with Crippen LogP contribution < -0.4 is 10.1 Å². The Bertz CT molecular complexity index is 921. The summed E-state index contributed by atoms with van der Waals surface area (Å²) in [5, 5.41) is 13.3. The Morgan fingerprint density at radius 3 is 2.78 bits per heavy atom. The molecule has 1 atom stereocenters. The number of hydrogen-bond donors (Lipinski definition) is 1. The fraction of sp³-hybridized carbons (Fsp3) is 0.429. The van der Waals surface area contributed by atoms with E-state index in [1.807, 2.05) is 6.07 Å². The van der Waals surface area contributed by atoms with Crippen molar-refractivity contribution in [2.75, 3.05) is 12.4 Å². The standard InChI is InChI=1S/C21H23BrN2O2S/c1-21(2,3)12-5-7-14-16(11-23)20(27-18(14)9-12)24-19(25)15-10-13(22)6-8-17(15)26-4/h6,8,10,12H,5,7,9H2,1-4H3,(H,24,25)/t12-/m1/s1. The average molecular weight is 447 g/mol. The molecule has 1 N–H and O–H groups in total. The van der Waals surface area contributed by atoms with Crippen molar-refractivity contribution in [1.82, 2.24) is 0 Å². The third kappa shape index (κ3) is 4.04. The summed E-state index contributed by atoms with van der Waals surface area (Å²) in [6.45, 7) is 6.80. The summed E-state index contributed by atoms with van der Waals surface area (Å²) < 4.78 is 6.10. The molecule has 1 aromatic heterocycles. The molecule has 27 heavy (non-hydrogen) atoms. The summed E-state index contributed by atoms with van der Waals surface area (Å²) in [5.41, 5.74) is 2.40. The Kier molecular flexibility index (Phi) is 5.64. The van der Waals surface area contributed by atoms with Gasteiger partial charge < -0.3 is 10.1 Å². The van der Waals surface area contributed by atoms with Gasteiger partial charge in [0.15, 0.2) is 0 Å². The van der Waals surface area contributed by atoms with Gasteiger partial charge in [-0.1, -0.05) is 36.7 Å². The van der Waals surface area contributed by atoms with Crippen LogP contribution in [0.1, 0.15) is 53.6 Å². The number of nitrogens with zero attached hydrogens (tertiary/aromatic N) is 1. The van der Waals surface area contributed by atoms with Crippen LogP contribution in [-0.2, 0) is 12.8 Å². The zero-order valence-electron chi connectivity index (χ0n) is 16.0. The van der Waals surface area contributed by atoms with E-state index in [0.717, 1.165) is 29.3 Å². The summed E-state index contributed by atoms with van der Waals surface area (Å²) in [6, 6.07) is 7.61. The Labute approximate surface area is 172 Å². The van der Waals surface area contributed by atoms with Crippen LogP contribution in [0.5, 0.6) is 5.75 Å². The van der Waals surface area contributed by atoms with Gasteiger partial charge in [-0.05, 0) is 54.4 Å². The molecule has 142 valence electrons. The molecule has 1 aliphatic carbocycles. The Hall–Kier alpha value is -1.84. The number of nitrogens with one attached hydrogen (secondary N) is 1. The second-order valence-electron chi connectivity index (χ2n) is 7.92. The van der Waals surface area contributed by atoms with E-state index >= 15 is 0 Å². The van der Waals surface area contributed by atoms with Gasteiger partial charge in [-0.15, -0.1) is 11.3 Å². The number of rotatable bonds is 3. The van der Waals surface area contributed by atoms with Gasteiger partial charge in [-0.25, -0.2) is 0 Å². The highest BCUT2D eigenvalue weighted by molar-refractivity contribution is 9.10. The zero-order chi connectivity index (χ0) is 19.8. The van der Waals surface area contributed by atoms with Crippen LogP contribution in [0.15, 0.2) is 22.7 Å². The number of benzene rings is 1. The van der Waals surface area contributed by atoms with Gasteiger partial charge in [0.2, 0.25) is 0 Å². The van der Waals surface area contributed by atoms with E-state index in [1.54, 1.807) is 23.5 Å². The summed E-state index contributed by atoms with van der Waals surface area (Å²) in [7, 11) is 1.54. The van der Waals surface area contributed by atoms with E-state index in [2.05, 4.69) is 48.1 Å². The SMILES string of the molecule is COc1ccc(Br)cc1C(=O)Nc1sc2c(c1C#N)CC[C@@H](C(C)(C)C)C2. The van der Waals surface area contributed by atoms with Crippen molar-refractivity contribution >= 4 is 38.2 Å². The van der Waals surface area contributed by atoms with E-state index in [4.69, 9.17) is 4.74 Å². The van der Waals surface area contributed by atoms with Crippen LogP contribution in [0, 0.1) is 22.7 Å². The molecule has 0 spiro atoms. The van der Waals surface area contributed by atoms with Gasteiger partial charge >= 0.3 is 0 Å². The number of ether oxygens (including phenoxy) is 1. The third-order valence-corrected chi connectivity index (χ3v) is 6.90. The third-order valence-electron chi connectivity index (χ3n) is 5.24. The lowest BCUT2D eigenvalue weighted by molar-refractivity contribution is 0.102. The number of carbonyl (C=O) groups is 1. The first-order valence-electron chi connectivity index (χ1n) is 8.94. The van der Waals surface area contributed by atoms with Crippen LogP contribution in [0.2, 0.25) is 0 Å². The maximum absolute atomic E-state index is 12.8. The Morgan fingerprint density at radius 2 is 2.15 bits per heavy atom. The van der Waals surface area contributed by atoms with E-state index < -0.39 is 0 Å². The zero-order valence-corrected chi connectivity index (χ0v) is 18.4. The van der Waals surface area contributed by atoms with Crippen molar-refractivity contribution in [2.45, 2.75) is 40.0 Å². The lowest BCUT2D eigenvalue weighted by atomic mass is 9.72. The molecular weight excluding hydrogens is 424 g/mol. The van der Waals surface area contributed by atoms with Gasteiger partial charge in [0.1, 0.15) is 16.8 Å². The number of methoxy groups -OCH3 is 1. The number of fused-ring (bicyclic) bond motifs is 1. The van der Waals surface area contributed by atoms with Crippen LogP contribution in [-0.4, -0.2) is 13.0 Å². The number of anilines is 1. The molecule has 2 aromatic rings. The number of hydrogen-bond acceptors (Lipinski definition) is 4. The molecular formula is C21H23BrN2O2S. The fourth-order valence-corrected chi connectivity index (χ4v) is 5.19. The predicted octanol–water partition coefficient (Wildman–Crippen LogP) is 5.79. The molecule has 4 nitrogen and oxygen atoms in total. The van der Waals surface area contributed by atoms with Crippen molar-refractivity contribution in [3.05, 3.63) is 44.2 Å². The first-order valence-corrected chi connectivity index (χ1v) is 10.5. The second-order valence-corrected chi connectivity index (χ2v) is 9.95. The number of nitriles is 1.